The molecular weight excluding hydrogens is 312 g/mol. The van der Waals surface area contributed by atoms with Gasteiger partial charge in [-0.1, -0.05) is 30.3 Å². The molecule has 0 aliphatic carbocycles. The topological polar surface area (TPSA) is 83.8 Å². The van der Waals surface area contributed by atoms with Crippen molar-refractivity contribution in [1.82, 2.24) is 9.97 Å². The first kappa shape index (κ1) is 15.4. The molecule has 4 aromatic rings. The maximum atomic E-state index is 12.9. The van der Waals surface area contributed by atoms with Gasteiger partial charge >= 0.3 is 0 Å². The van der Waals surface area contributed by atoms with Crippen LogP contribution in [0, 0.1) is 0 Å². The molecule has 5 nitrogen and oxygen atoms in total. The number of fused-ring (bicyclic) bond motifs is 2. The number of H-pyrrole nitrogens is 1. The van der Waals surface area contributed by atoms with E-state index in [0.717, 1.165) is 33.1 Å². The Hall–Kier alpha value is -3.18. The minimum atomic E-state index is -0.152. The van der Waals surface area contributed by atoms with E-state index < -0.39 is 0 Å². The standard InChI is InChI=1S/C20H18N4O/c1-12(21)13-6-7-16(15-5-3-2-4-14(13)15)20(25)24-18-9-11-23-19-17(18)8-10-22-19/h2-12H,21H2,1H3,(H2,22,23,24,25). The van der Waals surface area contributed by atoms with Crippen LogP contribution in [0.25, 0.3) is 21.8 Å². The second-order valence-electron chi connectivity index (χ2n) is 6.09. The Morgan fingerprint density at radius 3 is 2.68 bits per heavy atom. The molecule has 2 aromatic heterocycles. The summed E-state index contributed by atoms with van der Waals surface area (Å²) in [6, 6.07) is 15.2. The van der Waals surface area contributed by atoms with Crippen molar-refractivity contribution in [3.05, 3.63) is 72.1 Å². The van der Waals surface area contributed by atoms with Gasteiger partial charge in [0.1, 0.15) is 5.65 Å². The molecule has 124 valence electrons. The Labute approximate surface area is 144 Å². The second-order valence-corrected chi connectivity index (χ2v) is 6.09. The molecule has 2 aromatic carbocycles. The molecule has 5 heteroatoms. The zero-order valence-corrected chi connectivity index (χ0v) is 13.8. The zero-order chi connectivity index (χ0) is 17.4. The van der Waals surface area contributed by atoms with Crippen molar-refractivity contribution in [3.8, 4) is 0 Å². The lowest BCUT2D eigenvalue weighted by Gasteiger charge is -2.14. The summed E-state index contributed by atoms with van der Waals surface area (Å²) >= 11 is 0. The van der Waals surface area contributed by atoms with E-state index in [1.165, 1.54) is 0 Å². The molecule has 0 saturated heterocycles. The van der Waals surface area contributed by atoms with Gasteiger partial charge in [-0.2, -0.15) is 0 Å². The molecule has 25 heavy (non-hydrogen) atoms. The lowest BCUT2D eigenvalue weighted by atomic mass is 9.96. The molecule has 1 amide bonds. The van der Waals surface area contributed by atoms with Gasteiger partial charge in [-0.3, -0.25) is 4.79 Å². The average Bonchev–Trinajstić information content (AvgIpc) is 3.10. The van der Waals surface area contributed by atoms with Gasteiger partial charge in [0.25, 0.3) is 5.91 Å². The number of nitrogens with one attached hydrogen (secondary N) is 2. The quantitative estimate of drug-likeness (QED) is 0.531. The third kappa shape index (κ3) is 2.64. The van der Waals surface area contributed by atoms with Crippen molar-refractivity contribution in [1.29, 1.82) is 0 Å². The van der Waals surface area contributed by atoms with Crippen molar-refractivity contribution in [2.75, 3.05) is 5.32 Å². The van der Waals surface area contributed by atoms with Gasteiger partial charge < -0.3 is 16.0 Å². The molecule has 0 fully saturated rings. The molecule has 1 unspecified atom stereocenters. The molecule has 4 rings (SSSR count). The van der Waals surface area contributed by atoms with Crippen LogP contribution in [0.15, 0.2) is 60.9 Å². The first-order chi connectivity index (χ1) is 12.1. The molecule has 0 bridgehead atoms. The zero-order valence-electron chi connectivity index (χ0n) is 13.8. The number of carbonyl (C=O) groups excluding carboxylic acids is 1. The molecule has 0 spiro atoms. The van der Waals surface area contributed by atoms with E-state index in [4.69, 9.17) is 5.73 Å². The van der Waals surface area contributed by atoms with E-state index in [1.54, 1.807) is 18.5 Å². The molecule has 0 saturated carbocycles. The summed E-state index contributed by atoms with van der Waals surface area (Å²) in [7, 11) is 0. The first-order valence-electron chi connectivity index (χ1n) is 8.16. The Kier molecular flexibility index (Phi) is 3.71. The van der Waals surface area contributed by atoms with E-state index in [-0.39, 0.29) is 11.9 Å². The third-order valence-corrected chi connectivity index (χ3v) is 4.40. The van der Waals surface area contributed by atoms with E-state index in [9.17, 15) is 4.79 Å². The van der Waals surface area contributed by atoms with E-state index in [2.05, 4.69) is 15.3 Å². The van der Waals surface area contributed by atoms with Crippen molar-refractivity contribution in [2.45, 2.75) is 13.0 Å². The number of pyridine rings is 1. The highest BCUT2D eigenvalue weighted by molar-refractivity contribution is 6.15. The molecule has 0 aliphatic rings. The maximum Gasteiger partial charge on any atom is 0.256 e. The van der Waals surface area contributed by atoms with E-state index >= 15 is 0 Å². The predicted molar refractivity (Wildman–Crippen MR) is 101 cm³/mol. The summed E-state index contributed by atoms with van der Waals surface area (Å²) in [4.78, 5) is 20.2. The monoisotopic (exact) mass is 330 g/mol. The summed E-state index contributed by atoms with van der Waals surface area (Å²) in [5, 5.41) is 5.78. The highest BCUT2D eigenvalue weighted by atomic mass is 16.1. The lowest BCUT2D eigenvalue weighted by molar-refractivity contribution is 0.102. The van der Waals surface area contributed by atoms with Crippen LogP contribution in [0.5, 0.6) is 0 Å². The summed E-state index contributed by atoms with van der Waals surface area (Å²) in [5.41, 5.74) is 9.20. The molecule has 4 N–H and O–H groups in total. The summed E-state index contributed by atoms with van der Waals surface area (Å²) < 4.78 is 0. The molecule has 0 radical (unpaired) electrons. The van der Waals surface area contributed by atoms with Gasteiger partial charge in [0.15, 0.2) is 0 Å². The maximum absolute atomic E-state index is 12.9. The molecular formula is C20H18N4O. The van der Waals surface area contributed by atoms with Crippen LogP contribution in [0.4, 0.5) is 5.69 Å². The van der Waals surface area contributed by atoms with Gasteiger partial charge in [-0.05, 0) is 41.5 Å². The fourth-order valence-corrected chi connectivity index (χ4v) is 3.18. The van der Waals surface area contributed by atoms with E-state index in [0.29, 0.717) is 5.56 Å². The Balaban J connectivity index is 1.78. The normalized spacial score (nSPS) is 12.4. The number of rotatable bonds is 3. The van der Waals surface area contributed by atoms with E-state index in [1.807, 2.05) is 49.4 Å². The SMILES string of the molecule is CC(N)c1ccc(C(=O)Nc2ccnc3[nH]ccc23)c2ccccc12. The number of nitrogens with zero attached hydrogens (tertiary/aromatic N) is 1. The highest BCUT2D eigenvalue weighted by Gasteiger charge is 2.15. The van der Waals surface area contributed by atoms with Crippen LogP contribution in [0.2, 0.25) is 0 Å². The van der Waals surface area contributed by atoms with Gasteiger partial charge in [0, 0.05) is 29.4 Å². The smallest absolute Gasteiger partial charge is 0.256 e. The summed E-state index contributed by atoms with van der Waals surface area (Å²) in [5.74, 6) is -0.152. The summed E-state index contributed by atoms with van der Waals surface area (Å²) in [6.07, 6.45) is 3.48. The Morgan fingerprint density at radius 2 is 1.88 bits per heavy atom. The minimum absolute atomic E-state index is 0.0957. The van der Waals surface area contributed by atoms with Crippen LogP contribution < -0.4 is 11.1 Å². The van der Waals surface area contributed by atoms with Crippen molar-refractivity contribution in [2.24, 2.45) is 5.73 Å². The Bertz CT molecular complexity index is 1080. The van der Waals surface area contributed by atoms with Crippen molar-refractivity contribution < 1.29 is 4.79 Å². The van der Waals surface area contributed by atoms with Gasteiger partial charge in [-0.25, -0.2) is 4.98 Å². The van der Waals surface area contributed by atoms with Crippen molar-refractivity contribution >= 4 is 33.4 Å². The van der Waals surface area contributed by atoms with Crippen LogP contribution in [0.3, 0.4) is 0 Å². The number of carbonyl (C=O) groups is 1. The molecule has 0 aliphatic heterocycles. The first-order valence-corrected chi connectivity index (χ1v) is 8.16. The van der Waals surface area contributed by atoms with Gasteiger partial charge in [0.05, 0.1) is 5.69 Å². The predicted octanol–water partition coefficient (Wildman–Crippen LogP) is 3.99. The van der Waals surface area contributed by atoms with Crippen LogP contribution >= 0.6 is 0 Å². The average molecular weight is 330 g/mol. The van der Waals surface area contributed by atoms with Crippen LogP contribution in [0.1, 0.15) is 28.9 Å². The number of hydrogen-bond donors (Lipinski definition) is 3. The minimum Gasteiger partial charge on any atom is -0.346 e. The molecule has 2 heterocycles. The third-order valence-electron chi connectivity index (χ3n) is 4.40. The number of aromatic amines is 1. The number of hydrogen-bond acceptors (Lipinski definition) is 3. The summed E-state index contributed by atoms with van der Waals surface area (Å²) in [6.45, 7) is 1.95. The Morgan fingerprint density at radius 1 is 1.08 bits per heavy atom. The van der Waals surface area contributed by atoms with Crippen molar-refractivity contribution in [3.63, 3.8) is 0 Å². The van der Waals surface area contributed by atoms with Gasteiger partial charge in [-0.15, -0.1) is 0 Å². The number of benzene rings is 2. The van der Waals surface area contributed by atoms with Gasteiger partial charge in [0.2, 0.25) is 0 Å². The number of amides is 1. The van der Waals surface area contributed by atoms with Crippen LogP contribution in [-0.4, -0.2) is 15.9 Å². The van der Waals surface area contributed by atoms with Crippen LogP contribution in [-0.2, 0) is 0 Å². The fraction of sp³-hybridized carbons (Fsp3) is 0.100. The number of aromatic nitrogens is 2. The fourth-order valence-electron chi connectivity index (χ4n) is 3.18. The largest absolute Gasteiger partial charge is 0.346 e. The second kappa shape index (κ2) is 6.03. The number of anilines is 1. The lowest BCUT2D eigenvalue weighted by Crippen LogP contribution is -2.14. The number of nitrogens with two attached hydrogens (primary N) is 1. The molecule has 1 atom stereocenters. The highest BCUT2D eigenvalue weighted by Crippen LogP contribution is 2.28.